The standard InChI is InChI=1S/C24H23N3O2S.ClH/c25-15-21-20-11-13-27(16-18-7-3-1-4-8-18)17-22(20)30-24(21)26-23(28)12-14-29-19-9-5-2-6-10-19;/h1-10H,11-14,16-17H2,(H,26,28);1H. The van der Waals surface area contributed by atoms with Crippen LogP contribution in [0.2, 0.25) is 0 Å². The lowest BCUT2D eigenvalue weighted by atomic mass is 10.0. The predicted octanol–water partition coefficient (Wildman–Crippen LogP) is 5.01. The van der Waals surface area contributed by atoms with Crippen LogP contribution in [-0.4, -0.2) is 24.0 Å². The zero-order chi connectivity index (χ0) is 20.8. The molecular weight excluding hydrogens is 430 g/mol. The SMILES string of the molecule is Cl.N#Cc1c(NC(=O)CCOc2ccccc2)sc2c1CCN(Cc1ccccc1)C2. The number of benzene rings is 2. The van der Waals surface area contributed by atoms with Gasteiger partial charge in [-0.1, -0.05) is 48.5 Å². The molecule has 3 aromatic rings. The predicted molar refractivity (Wildman–Crippen MR) is 126 cm³/mol. The van der Waals surface area contributed by atoms with Crippen molar-refractivity contribution in [1.82, 2.24) is 4.90 Å². The van der Waals surface area contributed by atoms with Crippen LogP contribution in [0.25, 0.3) is 0 Å². The Labute approximate surface area is 192 Å². The summed E-state index contributed by atoms with van der Waals surface area (Å²) in [4.78, 5) is 15.9. The van der Waals surface area contributed by atoms with Gasteiger partial charge in [0.15, 0.2) is 0 Å². The van der Waals surface area contributed by atoms with E-state index >= 15 is 0 Å². The van der Waals surface area contributed by atoms with E-state index in [0.29, 0.717) is 17.2 Å². The number of carbonyl (C=O) groups excluding carboxylic acids is 1. The Hall–Kier alpha value is -2.85. The Balaban J connectivity index is 0.00000272. The highest BCUT2D eigenvalue weighted by atomic mass is 35.5. The number of hydrogen-bond acceptors (Lipinski definition) is 5. The van der Waals surface area contributed by atoms with Crippen LogP contribution in [0.15, 0.2) is 60.7 Å². The van der Waals surface area contributed by atoms with E-state index in [9.17, 15) is 10.1 Å². The van der Waals surface area contributed by atoms with E-state index < -0.39 is 0 Å². The molecule has 0 unspecified atom stereocenters. The molecule has 5 nitrogen and oxygen atoms in total. The molecule has 4 rings (SSSR count). The average molecular weight is 454 g/mol. The number of hydrogen-bond donors (Lipinski definition) is 1. The Morgan fingerprint density at radius 3 is 2.55 bits per heavy atom. The Morgan fingerprint density at radius 2 is 1.84 bits per heavy atom. The highest BCUT2D eigenvalue weighted by molar-refractivity contribution is 7.16. The molecule has 0 fully saturated rings. The summed E-state index contributed by atoms with van der Waals surface area (Å²) in [6, 6.07) is 22.1. The fourth-order valence-electron chi connectivity index (χ4n) is 3.61. The van der Waals surface area contributed by atoms with E-state index in [4.69, 9.17) is 4.74 Å². The van der Waals surface area contributed by atoms with Gasteiger partial charge in [0, 0.05) is 24.5 Å². The number of nitriles is 1. The van der Waals surface area contributed by atoms with Crippen molar-refractivity contribution in [2.45, 2.75) is 25.9 Å². The van der Waals surface area contributed by atoms with Crippen LogP contribution in [0.3, 0.4) is 0 Å². The fraction of sp³-hybridized carbons (Fsp3) is 0.250. The number of thiophene rings is 1. The Morgan fingerprint density at radius 1 is 1.13 bits per heavy atom. The number of amides is 1. The highest BCUT2D eigenvalue weighted by Gasteiger charge is 2.25. The molecular formula is C24H24ClN3O2S. The molecule has 0 bridgehead atoms. The topological polar surface area (TPSA) is 65.4 Å². The second-order valence-corrected chi connectivity index (χ2v) is 8.33. The van der Waals surface area contributed by atoms with Crippen LogP contribution in [0.1, 0.15) is 28.0 Å². The van der Waals surface area contributed by atoms with Crippen LogP contribution in [-0.2, 0) is 24.3 Å². The van der Waals surface area contributed by atoms with Crippen LogP contribution in [0, 0.1) is 11.3 Å². The van der Waals surface area contributed by atoms with E-state index in [1.807, 2.05) is 36.4 Å². The van der Waals surface area contributed by atoms with Gasteiger partial charge in [-0.05, 0) is 29.7 Å². The zero-order valence-electron chi connectivity index (χ0n) is 17.0. The third-order valence-corrected chi connectivity index (χ3v) is 6.22. The summed E-state index contributed by atoms with van der Waals surface area (Å²) in [6.45, 7) is 2.90. The molecule has 0 saturated heterocycles. The molecule has 1 aliphatic heterocycles. The van der Waals surface area contributed by atoms with Gasteiger partial charge in [0.1, 0.15) is 16.8 Å². The summed E-state index contributed by atoms with van der Waals surface area (Å²) in [5.74, 6) is 0.607. The first-order valence-corrected chi connectivity index (χ1v) is 10.8. The molecule has 0 spiro atoms. The van der Waals surface area contributed by atoms with Crippen molar-refractivity contribution in [1.29, 1.82) is 5.26 Å². The number of nitrogens with one attached hydrogen (secondary N) is 1. The van der Waals surface area contributed by atoms with Crippen molar-refractivity contribution < 1.29 is 9.53 Å². The number of fused-ring (bicyclic) bond motifs is 1. The van der Waals surface area contributed by atoms with Crippen molar-refractivity contribution >= 4 is 34.7 Å². The van der Waals surface area contributed by atoms with Gasteiger partial charge in [0.05, 0.1) is 18.6 Å². The van der Waals surface area contributed by atoms with Crippen LogP contribution in [0.5, 0.6) is 5.75 Å². The van der Waals surface area contributed by atoms with E-state index in [1.165, 1.54) is 21.8 Å². The quantitative estimate of drug-likeness (QED) is 0.546. The minimum Gasteiger partial charge on any atom is -0.493 e. The molecule has 0 atom stereocenters. The maximum absolute atomic E-state index is 12.4. The van der Waals surface area contributed by atoms with Crippen molar-refractivity contribution in [2.24, 2.45) is 0 Å². The van der Waals surface area contributed by atoms with E-state index in [1.54, 1.807) is 0 Å². The maximum atomic E-state index is 12.4. The van der Waals surface area contributed by atoms with Gasteiger partial charge in [-0.15, -0.1) is 23.7 Å². The van der Waals surface area contributed by atoms with Crippen LogP contribution >= 0.6 is 23.7 Å². The first-order chi connectivity index (χ1) is 14.7. The lowest BCUT2D eigenvalue weighted by Gasteiger charge is -2.26. The smallest absolute Gasteiger partial charge is 0.228 e. The van der Waals surface area contributed by atoms with Crippen molar-refractivity contribution in [2.75, 3.05) is 18.5 Å². The van der Waals surface area contributed by atoms with Gasteiger partial charge in [0.2, 0.25) is 5.91 Å². The summed E-state index contributed by atoms with van der Waals surface area (Å²) >= 11 is 1.52. The first kappa shape index (κ1) is 22.8. The molecule has 0 saturated carbocycles. The van der Waals surface area contributed by atoms with Crippen molar-refractivity contribution in [3.63, 3.8) is 0 Å². The largest absolute Gasteiger partial charge is 0.493 e. The fourth-order valence-corrected chi connectivity index (χ4v) is 4.86. The monoisotopic (exact) mass is 453 g/mol. The second kappa shape index (κ2) is 11.0. The number of rotatable bonds is 7. The summed E-state index contributed by atoms with van der Waals surface area (Å²) in [7, 11) is 0. The van der Waals surface area contributed by atoms with Gasteiger partial charge in [-0.25, -0.2) is 0 Å². The summed E-state index contributed by atoms with van der Waals surface area (Å²) < 4.78 is 5.59. The third kappa shape index (κ3) is 5.86. The zero-order valence-corrected chi connectivity index (χ0v) is 18.7. The number of anilines is 1. The molecule has 1 aromatic heterocycles. The van der Waals surface area contributed by atoms with Crippen LogP contribution < -0.4 is 10.1 Å². The summed E-state index contributed by atoms with van der Waals surface area (Å²) in [5, 5.41) is 13.3. The third-order valence-electron chi connectivity index (χ3n) is 5.09. The van der Waals surface area contributed by atoms with Gasteiger partial charge in [0.25, 0.3) is 0 Å². The minimum atomic E-state index is -0.137. The average Bonchev–Trinajstić information content (AvgIpc) is 3.11. The number of nitrogens with zero attached hydrogens (tertiary/aromatic N) is 2. The van der Waals surface area contributed by atoms with Crippen molar-refractivity contribution in [3.8, 4) is 11.8 Å². The van der Waals surface area contributed by atoms with E-state index in [0.717, 1.165) is 37.4 Å². The first-order valence-electron chi connectivity index (χ1n) is 10.0. The molecule has 31 heavy (non-hydrogen) atoms. The van der Waals surface area contributed by atoms with E-state index in [2.05, 4.69) is 40.6 Å². The lowest BCUT2D eigenvalue weighted by Crippen LogP contribution is -2.29. The van der Waals surface area contributed by atoms with Gasteiger partial charge in [-0.2, -0.15) is 5.26 Å². The Kier molecular flexibility index (Phi) is 8.07. The summed E-state index contributed by atoms with van der Waals surface area (Å²) in [6.07, 6.45) is 1.07. The number of carbonyl (C=O) groups is 1. The second-order valence-electron chi connectivity index (χ2n) is 7.23. The molecule has 2 heterocycles. The molecule has 160 valence electrons. The molecule has 1 N–H and O–H groups in total. The minimum absolute atomic E-state index is 0. The van der Waals surface area contributed by atoms with Gasteiger partial charge in [-0.3, -0.25) is 9.69 Å². The van der Waals surface area contributed by atoms with E-state index in [-0.39, 0.29) is 24.7 Å². The molecule has 1 aliphatic rings. The lowest BCUT2D eigenvalue weighted by molar-refractivity contribution is -0.116. The van der Waals surface area contributed by atoms with Crippen LogP contribution in [0.4, 0.5) is 5.00 Å². The number of para-hydroxylation sites is 1. The normalized spacial score (nSPS) is 12.9. The molecule has 1 amide bonds. The van der Waals surface area contributed by atoms with Crippen molar-refractivity contribution in [3.05, 3.63) is 82.2 Å². The number of ether oxygens (including phenoxy) is 1. The molecule has 2 aromatic carbocycles. The Bertz CT molecular complexity index is 1050. The van der Waals surface area contributed by atoms with Gasteiger partial charge < -0.3 is 10.1 Å². The highest BCUT2D eigenvalue weighted by Crippen LogP contribution is 2.37. The maximum Gasteiger partial charge on any atom is 0.228 e. The number of halogens is 1. The van der Waals surface area contributed by atoms with Gasteiger partial charge >= 0.3 is 0 Å². The summed E-state index contributed by atoms with van der Waals surface area (Å²) in [5.41, 5.74) is 2.99. The molecule has 0 aliphatic carbocycles. The molecule has 7 heteroatoms. The molecule has 0 radical (unpaired) electrons.